The number of nitrogens with one attached hydrogen (secondary N) is 2. The molecule has 0 aliphatic rings. The molecule has 2 unspecified atom stereocenters. The number of nitrogens with zero attached hydrogens (tertiary/aromatic N) is 2. The molecular weight excluding hydrogens is 364 g/mol. The maximum Gasteiger partial charge on any atom is 0.307 e. The molecule has 0 saturated heterocycles. The first-order valence-corrected chi connectivity index (χ1v) is 9.42. The maximum absolute atomic E-state index is 12.6. The molecular formula is C19H32N4O5. The lowest BCUT2D eigenvalue weighted by molar-refractivity contribution is -0.142. The summed E-state index contributed by atoms with van der Waals surface area (Å²) in [4.78, 5) is 40.4. The average molecular weight is 396 g/mol. The predicted octanol–water partition coefficient (Wildman–Crippen LogP) is 1.42. The molecule has 0 aromatic carbocycles. The quantitative estimate of drug-likeness (QED) is 0.514. The van der Waals surface area contributed by atoms with Crippen LogP contribution in [0.25, 0.3) is 0 Å². The molecule has 3 N–H and O–H groups in total. The Labute approximate surface area is 165 Å². The number of carbonyl (C=O) groups is 3. The molecule has 9 nitrogen and oxygen atoms in total. The predicted molar refractivity (Wildman–Crippen MR) is 104 cm³/mol. The highest BCUT2D eigenvalue weighted by Crippen LogP contribution is 2.22. The Balaban J connectivity index is 2.82. The van der Waals surface area contributed by atoms with Crippen LogP contribution in [0, 0.1) is 5.92 Å². The van der Waals surface area contributed by atoms with Crippen molar-refractivity contribution in [3.05, 3.63) is 12.5 Å². The molecule has 0 aliphatic heterocycles. The van der Waals surface area contributed by atoms with Gasteiger partial charge in [0.1, 0.15) is 12.1 Å². The van der Waals surface area contributed by atoms with Crippen LogP contribution in [0.15, 0.2) is 12.5 Å². The van der Waals surface area contributed by atoms with Gasteiger partial charge in [-0.1, -0.05) is 27.2 Å². The zero-order valence-electron chi connectivity index (χ0n) is 17.5. The van der Waals surface area contributed by atoms with Crippen molar-refractivity contribution in [2.45, 2.75) is 71.6 Å². The summed E-state index contributed by atoms with van der Waals surface area (Å²) in [5, 5.41) is 15.1. The highest BCUT2D eigenvalue weighted by molar-refractivity contribution is 5.97. The number of amides is 2. The van der Waals surface area contributed by atoms with Gasteiger partial charge in [0.15, 0.2) is 5.82 Å². The van der Waals surface area contributed by atoms with Gasteiger partial charge in [-0.05, 0) is 26.2 Å². The minimum atomic E-state index is -1.18. The molecule has 9 heteroatoms. The van der Waals surface area contributed by atoms with E-state index in [4.69, 9.17) is 4.74 Å². The number of aliphatic hydroxyl groups excluding tert-OH is 1. The smallest absolute Gasteiger partial charge is 0.307 e. The molecule has 0 bridgehead atoms. The van der Waals surface area contributed by atoms with E-state index >= 15 is 0 Å². The van der Waals surface area contributed by atoms with Crippen LogP contribution in [-0.2, 0) is 24.7 Å². The number of imidazole rings is 1. The molecule has 158 valence electrons. The number of esters is 1. The zero-order valence-corrected chi connectivity index (χ0v) is 17.5. The third kappa shape index (κ3) is 6.63. The Morgan fingerprint density at radius 3 is 2.46 bits per heavy atom. The first-order chi connectivity index (χ1) is 13.0. The van der Waals surface area contributed by atoms with Crippen LogP contribution in [0.5, 0.6) is 0 Å². The SMILES string of the molecule is CCCC(NC(=O)C(O)C(C)C)C(=O)Nc1cn(C(C)(C)CC(=O)OC)cn1. The Morgan fingerprint density at radius 2 is 1.93 bits per heavy atom. The standard InChI is InChI=1S/C19H32N4O5/c1-7-8-13(21-18(27)16(25)12(2)3)17(26)22-14-10-23(11-20-14)19(4,5)9-15(24)28-6/h10-13,16,25H,7-9H2,1-6H3,(H,21,27)(H,22,26). The lowest BCUT2D eigenvalue weighted by Crippen LogP contribution is -2.48. The van der Waals surface area contributed by atoms with E-state index in [9.17, 15) is 19.5 Å². The number of aliphatic hydroxyl groups is 1. The van der Waals surface area contributed by atoms with Crippen LogP contribution in [0.1, 0.15) is 53.9 Å². The van der Waals surface area contributed by atoms with E-state index in [0.717, 1.165) is 0 Å². The van der Waals surface area contributed by atoms with Crippen molar-refractivity contribution in [3.8, 4) is 0 Å². The van der Waals surface area contributed by atoms with Crippen molar-refractivity contribution in [3.63, 3.8) is 0 Å². The number of hydrogen-bond acceptors (Lipinski definition) is 6. The summed E-state index contributed by atoms with van der Waals surface area (Å²) in [5.41, 5.74) is -0.582. The van der Waals surface area contributed by atoms with Crippen molar-refractivity contribution in [1.82, 2.24) is 14.9 Å². The topological polar surface area (TPSA) is 123 Å². The Bertz CT molecular complexity index is 684. The van der Waals surface area contributed by atoms with Gasteiger partial charge in [0.2, 0.25) is 11.8 Å². The van der Waals surface area contributed by atoms with Gasteiger partial charge in [0, 0.05) is 6.20 Å². The van der Waals surface area contributed by atoms with E-state index in [2.05, 4.69) is 15.6 Å². The molecule has 0 saturated carbocycles. The van der Waals surface area contributed by atoms with Crippen LogP contribution in [-0.4, -0.2) is 51.7 Å². The van der Waals surface area contributed by atoms with Crippen molar-refractivity contribution in [2.24, 2.45) is 5.92 Å². The summed E-state index contributed by atoms with van der Waals surface area (Å²) < 4.78 is 6.42. The molecule has 1 heterocycles. The lowest BCUT2D eigenvalue weighted by Gasteiger charge is -2.24. The minimum Gasteiger partial charge on any atom is -0.469 e. The van der Waals surface area contributed by atoms with E-state index < -0.39 is 29.5 Å². The van der Waals surface area contributed by atoms with Crippen LogP contribution in [0.4, 0.5) is 5.82 Å². The van der Waals surface area contributed by atoms with Crippen molar-refractivity contribution in [1.29, 1.82) is 0 Å². The zero-order chi connectivity index (χ0) is 21.5. The second-order valence-electron chi connectivity index (χ2n) is 7.76. The lowest BCUT2D eigenvalue weighted by atomic mass is 10.0. The molecule has 0 fully saturated rings. The van der Waals surface area contributed by atoms with E-state index in [1.54, 1.807) is 24.6 Å². The van der Waals surface area contributed by atoms with Gasteiger partial charge in [-0.15, -0.1) is 0 Å². The van der Waals surface area contributed by atoms with Crippen LogP contribution >= 0.6 is 0 Å². The number of anilines is 1. The fraction of sp³-hybridized carbons (Fsp3) is 0.684. The third-order valence-electron chi connectivity index (χ3n) is 4.45. The normalized spacial score (nSPS) is 13.7. The summed E-state index contributed by atoms with van der Waals surface area (Å²) in [7, 11) is 1.33. The molecule has 28 heavy (non-hydrogen) atoms. The number of aromatic nitrogens is 2. The van der Waals surface area contributed by atoms with Crippen LogP contribution in [0.3, 0.4) is 0 Å². The largest absolute Gasteiger partial charge is 0.469 e. The summed E-state index contributed by atoms with van der Waals surface area (Å²) in [5.74, 6) is -1.28. The van der Waals surface area contributed by atoms with Gasteiger partial charge in [-0.25, -0.2) is 4.98 Å². The van der Waals surface area contributed by atoms with Gasteiger partial charge >= 0.3 is 5.97 Å². The van der Waals surface area contributed by atoms with E-state index in [1.807, 2.05) is 20.8 Å². The molecule has 0 radical (unpaired) electrons. The van der Waals surface area contributed by atoms with Gasteiger partial charge in [0.25, 0.3) is 0 Å². The fourth-order valence-electron chi connectivity index (χ4n) is 2.57. The van der Waals surface area contributed by atoms with Crippen molar-refractivity contribution < 1.29 is 24.2 Å². The summed E-state index contributed by atoms with van der Waals surface area (Å²) in [6.07, 6.45) is 3.22. The molecule has 2 atom stereocenters. The van der Waals surface area contributed by atoms with E-state index in [0.29, 0.717) is 18.7 Å². The fourth-order valence-corrected chi connectivity index (χ4v) is 2.57. The van der Waals surface area contributed by atoms with Crippen LogP contribution in [0.2, 0.25) is 0 Å². The van der Waals surface area contributed by atoms with E-state index in [1.165, 1.54) is 13.4 Å². The molecule has 1 rings (SSSR count). The van der Waals surface area contributed by atoms with E-state index in [-0.39, 0.29) is 18.3 Å². The summed E-state index contributed by atoms with van der Waals surface area (Å²) in [6, 6.07) is -0.779. The van der Waals surface area contributed by atoms with Crippen molar-refractivity contribution in [2.75, 3.05) is 12.4 Å². The Morgan fingerprint density at radius 1 is 1.29 bits per heavy atom. The second-order valence-corrected chi connectivity index (χ2v) is 7.76. The van der Waals surface area contributed by atoms with Crippen LogP contribution < -0.4 is 10.6 Å². The number of carbonyl (C=O) groups excluding carboxylic acids is 3. The number of methoxy groups -OCH3 is 1. The highest BCUT2D eigenvalue weighted by Gasteiger charge is 2.27. The number of rotatable bonds is 10. The summed E-state index contributed by atoms with van der Waals surface area (Å²) in [6.45, 7) is 9.05. The first-order valence-electron chi connectivity index (χ1n) is 9.42. The second kappa shape index (κ2) is 10.2. The Hall–Kier alpha value is -2.42. The van der Waals surface area contributed by atoms with Gasteiger partial charge < -0.3 is 25.0 Å². The van der Waals surface area contributed by atoms with Gasteiger partial charge in [0.05, 0.1) is 25.4 Å². The summed E-state index contributed by atoms with van der Waals surface area (Å²) >= 11 is 0. The number of hydrogen-bond donors (Lipinski definition) is 3. The monoisotopic (exact) mass is 396 g/mol. The van der Waals surface area contributed by atoms with Gasteiger partial charge in [-0.3, -0.25) is 14.4 Å². The highest BCUT2D eigenvalue weighted by atomic mass is 16.5. The molecule has 0 spiro atoms. The molecule has 1 aromatic heterocycles. The third-order valence-corrected chi connectivity index (χ3v) is 4.45. The minimum absolute atomic E-state index is 0.148. The van der Waals surface area contributed by atoms with Gasteiger partial charge in [-0.2, -0.15) is 0 Å². The molecule has 0 aliphatic carbocycles. The molecule has 1 aromatic rings. The average Bonchev–Trinajstić information content (AvgIpc) is 3.09. The first kappa shape index (κ1) is 23.6. The number of ether oxygens (including phenoxy) is 1. The molecule has 2 amide bonds. The Kier molecular flexibility index (Phi) is 8.62. The van der Waals surface area contributed by atoms with Crippen molar-refractivity contribution >= 4 is 23.6 Å². The maximum atomic E-state index is 12.6.